The predicted molar refractivity (Wildman–Crippen MR) is 97.8 cm³/mol. The Balaban J connectivity index is 1.95. The molecule has 0 spiro atoms. The first-order valence-corrected chi connectivity index (χ1v) is 7.66. The number of benzene rings is 3. The SMILES string of the molecule is O=C(/C(=N\N=C/c1ccccc1)c1ccccc1)c1ccccc1. The van der Waals surface area contributed by atoms with Crippen molar-refractivity contribution in [3.8, 4) is 0 Å². The summed E-state index contributed by atoms with van der Waals surface area (Å²) in [5.74, 6) is -0.146. The molecule has 0 atom stereocenters. The Morgan fingerprint density at radius 2 is 1.17 bits per heavy atom. The Labute approximate surface area is 141 Å². The molecule has 0 aromatic heterocycles. The van der Waals surface area contributed by atoms with Crippen molar-refractivity contribution in [1.82, 2.24) is 0 Å². The van der Waals surface area contributed by atoms with Crippen LogP contribution in [0.5, 0.6) is 0 Å². The van der Waals surface area contributed by atoms with Gasteiger partial charge in [-0.2, -0.15) is 5.10 Å². The molecule has 3 nitrogen and oxygen atoms in total. The second-order valence-electron chi connectivity index (χ2n) is 5.17. The van der Waals surface area contributed by atoms with E-state index in [4.69, 9.17) is 0 Å². The molecule has 0 radical (unpaired) electrons. The molecule has 3 aromatic carbocycles. The summed E-state index contributed by atoms with van der Waals surface area (Å²) in [7, 11) is 0. The van der Waals surface area contributed by atoms with Gasteiger partial charge in [0.15, 0.2) is 0 Å². The lowest BCUT2D eigenvalue weighted by Gasteiger charge is -2.04. The standard InChI is InChI=1S/C21H16N2O/c24-21(19-14-8-3-9-15-19)20(18-12-6-2-7-13-18)23-22-16-17-10-4-1-5-11-17/h1-16H/b22-16-,23-20-. The average molecular weight is 312 g/mol. The summed E-state index contributed by atoms with van der Waals surface area (Å²) in [5, 5.41) is 8.31. The largest absolute Gasteiger partial charge is 0.287 e. The molecular weight excluding hydrogens is 296 g/mol. The zero-order valence-corrected chi connectivity index (χ0v) is 13.0. The number of rotatable bonds is 5. The lowest BCUT2D eigenvalue weighted by Crippen LogP contribution is -2.15. The van der Waals surface area contributed by atoms with Gasteiger partial charge in [-0.05, 0) is 5.56 Å². The fourth-order valence-corrected chi connectivity index (χ4v) is 2.25. The highest BCUT2D eigenvalue weighted by Gasteiger charge is 2.15. The van der Waals surface area contributed by atoms with E-state index in [-0.39, 0.29) is 5.78 Å². The van der Waals surface area contributed by atoms with E-state index < -0.39 is 0 Å². The van der Waals surface area contributed by atoms with Gasteiger partial charge in [-0.1, -0.05) is 91.0 Å². The van der Waals surface area contributed by atoms with Crippen LogP contribution in [0.2, 0.25) is 0 Å². The Kier molecular flexibility index (Phi) is 5.05. The van der Waals surface area contributed by atoms with Crippen LogP contribution in [0.3, 0.4) is 0 Å². The third kappa shape index (κ3) is 3.90. The van der Waals surface area contributed by atoms with Crippen LogP contribution in [0, 0.1) is 0 Å². The van der Waals surface area contributed by atoms with Crippen LogP contribution in [-0.4, -0.2) is 17.7 Å². The summed E-state index contributed by atoms with van der Waals surface area (Å²) in [5.41, 5.74) is 2.60. The maximum absolute atomic E-state index is 12.8. The zero-order valence-electron chi connectivity index (χ0n) is 13.0. The summed E-state index contributed by atoms with van der Waals surface area (Å²) in [6.07, 6.45) is 1.64. The van der Waals surface area contributed by atoms with Crippen molar-refractivity contribution >= 4 is 17.7 Å². The van der Waals surface area contributed by atoms with Gasteiger partial charge >= 0.3 is 0 Å². The summed E-state index contributed by atoms with van der Waals surface area (Å²) >= 11 is 0. The van der Waals surface area contributed by atoms with Crippen molar-refractivity contribution in [2.75, 3.05) is 0 Å². The smallest absolute Gasteiger partial charge is 0.213 e. The second kappa shape index (κ2) is 7.79. The summed E-state index contributed by atoms with van der Waals surface area (Å²) in [4.78, 5) is 12.8. The van der Waals surface area contributed by atoms with Crippen LogP contribution in [0.25, 0.3) is 0 Å². The van der Waals surface area contributed by atoms with E-state index in [0.717, 1.165) is 11.1 Å². The van der Waals surface area contributed by atoms with Crippen LogP contribution in [0.1, 0.15) is 21.5 Å². The minimum Gasteiger partial charge on any atom is -0.287 e. The molecule has 116 valence electrons. The number of hydrogen-bond acceptors (Lipinski definition) is 3. The molecule has 0 fully saturated rings. The Morgan fingerprint density at radius 1 is 0.667 bits per heavy atom. The highest BCUT2D eigenvalue weighted by molar-refractivity contribution is 6.51. The van der Waals surface area contributed by atoms with Crippen molar-refractivity contribution in [2.45, 2.75) is 0 Å². The molecule has 3 rings (SSSR count). The molecule has 0 heterocycles. The molecule has 0 N–H and O–H groups in total. The van der Waals surface area contributed by atoms with Gasteiger partial charge in [0, 0.05) is 11.1 Å². The van der Waals surface area contributed by atoms with Gasteiger partial charge < -0.3 is 0 Å². The fourth-order valence-electron chi connectivity index (χ4n) is 2.25. The quantitative estimate of drug-likeness (QED) is 0.391. The van der Waals surface area contributed by atoms with Gasteiger partial charge in [-0.15, -0.1) is 5.10 Å². The number of carbonyl (C=O) groups excluding carboxylic acids is 1. The van der Waals surface area contributed by atoms with E-state index >= 15 is 0 Å². The molecular formula is C21H16N2O. The number of ketones is 1. The first-order chi connectivity index (χ1) is 11.8. The van der Waals surface area contributed by atoms with E-state index in [9.17, 15) is 4.79 Å². The Bertz CT molecular complexity index is 854. The van der Waals surface area contributed by atoms with Crippen LogP contribution in [0.15, 0.2) is 101 Å². The minimum atomic E-state index is -0.146. The summed E-state index contributed by atoms with van der Waals surface area (Å²) < 4.78 is 0. The lowest BCUT2D eigenvalue weighted by atomic mass is 10.0. The highest BCUT2D eigenvalue weighted by Crippen LogP contribution is 2.09. The van der Waals surface area contributed by atoms with Crippen molar-refractivity contribution in [2.24, 2.45) is 10.2 Å². The lowest BCUT2D eigenvalue weighted by molar-refractivity contribution is 0.106. The number of carbonyl (C=O) groups is 1. The molecule has 0 bridgehead atoms. The van der Waals surface area contributed by atoms with E-state index in [2.05, 4.69) is 10.2 Å². The van der Waals surface area contributed by atoms with Crippen LogP contribution in [0.4, 0.5) is 0 Å². The van der Waals surface area contributed by atoms with Crippen LogP contribution < -0.4 is 0 Å². The van der Waals surface area contributed by atoms with E-state index in [1.165, 1.54) is 0 Å². The molecule has 0 unspecified atom stereocenters. The molecule has 0 aliphatic carbocycles. The zero-order chi connectivity index (χ0) is 16.6. The molecule has 0 aliphatic rings. The third-order valence-electron chi connectivity index (χ3n) is 3.46. The van der Waals surface area contributed by atoms with Crippen molar-refractivity contribution in [3.63, 3.8) is 0 Å². The number of nitrogens with zero attached hydrogens (tertiary/aromatic N) is 2. The topological polar surface area (TPSA) is 41.8 Å². The van der Waals surface area contributed by atoms with Gasteiger partial charge in [-0.3, -0.25) is 4.79 Å². The molecule has 0 amide bonds. The maximum Gasteiger partial charge on any atom is 0.213 e. The minimum absolute atomic E-state index is 0.146. The number of hydrogen-bond donors (Lipinski definition) is 0. The first-order valence-electron chi connectivity index (χ1n) is 7.66. The first kappa shape index (κ1) is 15.6. The van der Waals surface area contributed by atoms with Crippen LogP contribution >= 0.6 is 0 Å². The third-order valence-corrected chi connectivity index (χ3v) is 3.46. The average Bonchev–Trinajstić information content (AvgIpc) is 2.67. The molecule has 24 heavy (non-hydrogen) atoms. The van der Waals surface area contributed by atoms with Gasteiger partial charge in [0.05, 0.1) is 6.21 Å². The van der Waals surface area contributed by atoms with Gasteiger partial charge in [0.2, 0.25) is 5.78 Å². The van der Waals surface area contributed by atoms with E-state index in [1.807, 2.05) is 78.9 Å². The van der Waals surface area contributed by atoms with Crippen LogP contribution in [-0.2, 0) is 0 Å². The van der Waals surface area contributed by atoms with Crippen molar-refractivity contribution < 1.29 is 4.79 Å². The number of Topliss-reactive ketones (excluding diaryl/α,β-unsaturated/α-hetero) is 1. The fraction of sp³-hybridized carbons (Fsp3) is 0. The van der Waals surface area contributed by atoms with Crippen molar-refractivity contribution in [1.29, 1.82) is 0 Å². The van der Waals surface area contributed by atoms with E-state index in [1.54, 1.807) is 18.3 Å². The maximum atomic E-state index is 12.8. The Hall–Kier alpha value is -3.33. The predicted octanol–water partition coefficient (Wildman–Crippen LogP) is 4.39. The molecule has 3 heteroatoms. The molecule has 0 aliphatic heterocycles. The Morgan fingerprint density at radius 3 is 1.75 bits per heavy atom. The van der Waals surface area contributed by atoms with Gasteiger partial charge in [0.25, 0.3) is 0 Å². The molecule has 0 saturated heterocycles. The van der Waals surface area contributed by atoms with Gasteiger partial charge in [-0.25, -0.2) is 0 Å². The normalized spacial score (nSPS) is 11.6. The summed E-state index contributed by atoms with van der Waals surface area (Å²) in [6, 6.07) is 28.1. The van der Waals surface area contributed by atoms with E-state index in [0.29, 0.717) is 11.3 Å². The highest BCUT2D eigenvalue weighted by atomic mass is 16.1. The van der Waals surface area contributed by atoms with Crippen molar-refractivity contribution in [3.05, 3.63) is 108 Å². The second-order valence-corrected chi connectivity index (χ2v) is 5.17. The molecule has 3 aromatic rings. The summed E-state index contributed by atoms with van der Waals surface area (Å²) in [6.45, 7) is 0. The molecule has 0 saturated carbocycles. The van der Waals surface area contributed by atoms with Gasteiger partial charge in [0.1, 0.15) is 5.71 Å². The monoisotopic (exact) mass is 312 g/mol.